The molecule has 6 heteroatoms. The van der Waals surface area contributed by atoms with Crippen LogP contribution in [0.15, 0.2) is 30.3 Å². The fourth-order valence-corrected chi connectivity index (χ4v) is 4.34. The summed E-state index contributed by atoms with van der Waals surface area (Å²) in [6.45, 7) is 3.63. The van der Waals surface area contributed by atoms with Gasteiger partial charge >= 0.3 is 0 Å². The Morgan fingerprint density at radius 1 is 1.36 bits per heavy atom. The van der Waals surface area contributed by atoms with Crippen LogP contribution >= 0.6 is 0 Å². The molecule has 2 rings (SSSR count). The van der Waals surface area contributed by atoms with Gasteiger partial charge in [-0.2, -0.15) is 12.7 Å². The van der Waals surface area contributed by atoms with Gasteiger partial charge in [0, 0.05) is 26.2 Å². The lowest BCUT2D eigenvalue weighted by Gasteiger charge is -2.30. The van der Waals surface area contributed by atoms with Crippen molar-refractivity contribution >= 4 is 10.2 Å². The van der Waals surface area contributed by atoms with Crippen LogP contribution < -0.4 is 4.72 Å². The second-order valence-electron chi connectivity index (χ2n) is 6.08. The number of rotatable bonds is 7. The standard InChI is InChI=1S/C16H26N2O3S/c1-14-6-5-10-18(13-14)22(20,21)17-12-16(9-11-19)15-7-3-2-4-8-15/h2-4,7-8,14,16-17,19H,5-6,9-13H2,1H3. The maximum atomic E-state index is 12.4. The van der Waals surface area contributed by atoms with Crippen molar-refractivity contribution in [2.24, 2.45) is 5.92 Å². The van der Waals surface area contributed by atoms with Crippen molar-refractivity contribution in [3.63, 3.8) is 0 Å². The first-order valence-corrected chi connectivity index (χ1v) is 9.37. The van der Waals surface area contributed by atoms with E-state index in [9.17, 15) is 13.5 Å². The molecule has 124 valence electrons. The van der Waals surface area contributed by atoms with Gasteiger partial charge in [0.05, 0.1) is 0 Å². The highest BCUT2D eigenvalue weighted by Crippen LogP contribution is 2.20. The van der Waals surface area contributed by atoms with Gasteiger partial charge < -0.3 is 5.11 Å². The predicted octanol–water partition coefficient (Wildman–Crippen LogP) is 1.72. The Labute approximate surface area is 133 Å². The Bertz CT molecular complexity index is 548. The summed E-state index contributed by atoms with van der Waals surface area (Å²) in [6.07, 6.45) is 2.55. The predicted molar refractivity (Wildman–Crippen MR) is 87.8 cm³/mol. The lowest BCUT2D eigenvalue weighted by Crippen LogP contribution is -2.46. The zero-order valence-electron chi connectivity index (χ0n) is 13.1. The van der Waals surface area contributed by atoms with E-state index in [1.165, 1.54) is 0 Å². The molecule has 1 aromatic rings. The maximum absolute atomic E-state index is 12.4. The van der Waals surface area contributed by atoms with Gasteiger partial charge in [-0.3, -0.25) is 0 Å². The minimum atomic E-state index is -3.44. The second-order valence-corrected chi connectivity index (χ2v) is 7.83. The highest BCUT2D eigenvalue weighted by molar-refractivity contribution is 7.87. The van der Waals surface area contributed by atoms with Crippen LogP contribution in [0.3, 0.4) is 0 Å². The third-order valence-electron chi connectivity index (χ3n) is 4.22. The summed E-state index contributed by atoms with van der Waals surface area (Å²) in [5, 5.41) is 9.22. The first-order valence-electron chi connectivity index (χ1n) is 7.93. The highest BCUT2D eigenvalue weighted by atomic mass is 32.2. The molecule has 2 unspecified atom stereocenters. The van der Waals surface area contributed by atoms with Gasteiger partial charge in [0.2, 0.25) is 0 Å². The Hall–Kier alpha value is -0.950. The molecule has 0 aromatic heterocycles. The Morgan fingerprint density at radius 3 is 2.73 bits per heavy atom. The molecule has 22 heavy (non-hydrogen) atoms. The maximum Gasteiger partial charge on any atom is 0.279 e. The van der Waals surface area contributed by atoms with Crippen molar-refractivity contribution in [2.45, 2.75) is 32.1 Å². The topological polar surface area (TPSA) is 69.6 Å². The number of aliphatic hydroxyl groups is 1. The van der Waals surface area contributed by atoms with Crippen LogP contribution in [0.2, 0.25) is 0 Å². The van der Waals surface area contributed by atoms with Crippen LogP contribution in [-0.2, 0) is 10.2 Å². The Morgan fingerprint density at radius 2 is 2.09 bits per heavy atom. The lowest BCUT2D eigenvalue weighted by molar-refractivity contribution is 0.270. The SMILES string of the molecule is CC1CCCN(S(=O)(=O)NCC(CCO)c2ccccc2)C1. The Kier molecular flexibility index (Phi) is 6.37. The molecule has 0 aliphatic carbocycles. The summed E-state index contributed by atoms with van der Waals surface area (Å²) >= 11 is 0. The van der Waals surface area contributed by atoms with E-state index in [4.69, 9.17) is 0 Å². The van der Waals surface area contributed by atoms with Gasteiger partial charge in [-0.1, -0.05) is 37.3 Å². The molecule has 0 amide bonds. The number of piperidine rings is 1. The van der Waals surface area contributed by atoms with Gasteiger partial charge in [0.15, 0.2) is 0 Å². The molecule has 0 bridgehead atoms. The minimum absolute atomic E-state index is 0.0109. The van der Waals surface area contributed by atoms with Gasteiger partial charge in [0.1, 0.15) is 0 Å². The number of nitrogens with one attached hydrogen (secondary N) is 1. The van der Waals surface area contributed by atoms with E-state index >= 15 is 0 Å². The van der Waals surface area contributed by atoms with E-state index in [1.807, 2.05) is 30.3 Å². The monoisotopic (exact) mass is 326 g/mol. The van der Waals surface area contributed by atoms with Crippen molar-refractivity contribution < 1.29 is 13.5 Å². The van der Waals surface area contributed by atoms with Crippen molar-refractivity contribution in [2.75, 3.05) is 26.2 Å². The smallest absolute Gasteiger partial charge is 0.279 e. The molecule has 2 N–H and O–H groups in total. The van der Waals surface area contributed by atoms with E-state index in [0.29, 0.717) is 32.0 Å². The zero-order chi connectivity index (χ0) is 16.0. The normalized spacial score (nSPS) is 21.6. The lowest BCUT2D eigenvalue weighted by atomic mass is 9.96. The van der Waals surface area contributed by atoms with E-state index in [0.717, 1.165) is 18.4 Å². The summed E-state index contributed by atoms with van der Waals surface area (Å²) in [7, 11) is -3.44. The molecule has 1 fully saturated rings. The van der Waals surface area contributed by atoms with Crippen molar-refractivity contribution in [3.8, 4) is 0 Å². The number of benzene rings is 1. The van der Waals surface area contributed by atoms with Crippen LogP contribution in [0.25, 0.3) is 0 Å². The van der Waals surface area contributed by atoms with Gasteiger partial charge in [-0.25, -0.2) is 4.72 Å². The van der Waals surface area contributed by atoms with Gasteiger partial charge in [-0.05, 0) is 36.7 Å². The van der Waals surface area contributed by atoms with E-state index < -0.39 is 10.2 Å². The summed E-state index contributed by atoms with van der Waals surface area (Å²) < 4.78 is 29.1. The third-order valence-corrected chi connectivity index (χ3v) is 5.76. The largest absolute Gasteiger partial charge is 0.396 e. The summed E-state index contributed by atoms with van der Waals surface area (Å²) in [4.78, 5) is 0. The molecular weight excluding hydrogens is 300 g/mol. The van der Waals surface area contributed by atoms with E-state index in [-0.39, 0.29) is 12.5 Å². The van der Waals surface area contributed by atoms with Crippen molar-refractivity contribution in [3.05, 3.63) is 35.9 Å². The molecule has 0 radical (unpaired) electrons. The first-order chi connectivity index (χ1) is 10.5. The summed E-state index contributed by atoms with van der Waals surface area (Å²) in [5.41, 5.74) is 1.05. The average Bonchev–Trinajstić information content (AvgIpc) is 2.52. The number of nitrogens with zero attached hydrogens (tertiary/aromatic N) is 1. The molecule has 5 nitrogen and oxygen atoms in total. The molecule has 0 saturated carbocycles. The molecule has 1 saturated heterocycles. The molecule has 1 aromatic carbocycles. The number of hydrogen-bond donors (Lipinski definition) is 2. The average molecular weight is 326 g/mol. The van der Waals surface area contributed by atoms with Crippen LogP contribution in [0.4, 0.5) is 0 Å². The second kappa shape index (κ2) is 8.06. The highest BCUT2D eigenvalue weighted by Gasteiger charge is 2.27. The number of aliphatic hydroxyl groups excluding tert-OH is 1. The minimum Gasteiger partial charge on any atom is -0.396 e. The van der Waals surface area contributed by atoms with Crippen LogP contribution in [0.5, 0.6) is 0 Å². The van der Waals surface area contributed by atoms with Gasteiger partial charge in [-0.15, -0.1) is 0 Å². The fraction of sp³-hybridized carbons (Fsp3) is 0.625. The van der Waals surface area contributed by atoms with Crippen molar-refractivity contribution in [1.82, 2.24) is 9.03 Å². The third kappa shape index (κ3) is 4.78. The summed E-state index contributed by atoms with van der Waals surface area (Å²) in [6, 6.07) is 9.73. The van der Waals surface area contributed by atoms with Crippen LogP contribution in [-0.4, -0.2) is 44.1 Å². The molecule has 1 aliphatic rings. The summed E-state index contributed by atoms with van der Waals surface area (Å²) in [5.74, 6) is 0.399. The zero-order valence-corrected chi connectivity index (χ0v) is 13.9. The van der Waals surface area contributed by atoms with Crippen molar-refractivity contribution in [1.29, 1.82) is 0 Å². The first kappa shape index (κ1) is 17.4. The fourth-order valence-electron chi connectivity index (χ4n) is 2.93. The number of hydrogen-bond acceptors (Lipinski definition) is 3. The van der Waals surface area contributed by atoms with Crippen LogP contribution in [0.1, 0.15) is 37.7 Å². The molecule has 0 spiro atoms. The Balaban J connectivity index is 1.99. The van der Waals surface area contributed by atoms with E-state index in [2.05, 4.69) is 11.6 Å². The van der Waals surface area contributed by atoms with Gasteiger partial charge in [0.25, 0.3) is 10.2 Å². The molecule has 1 heterocycles. The van der Waals surface area contributed by atoms with E-state index in [1.54, 1.807) is 4.31 Å². The molecule has 1 aliphatic heterocycles. The molecule has 2 atom stereocenters. The molecular formula is C16H26N2O3S. The van der Waals surface area contributed by atoms with Crippen LogP contribution in [0, 0.1) is 5.92 Å². The quantitative estimate of drug-likeness (QED) is 0.801.